The van der Waals surface area contributed by atoms with Crippen LogP contribution in [-0.2, 0) is 0 Å². The Hall–Kier alpha value is -3.65. The number of hydrogen-bond acceptors (Lipinski definition) is 7. The van der Waals surface area contributed by atoms with Crippen molar-refractivity contribution in [2.24, 2.45) is 5.92 Å². The highest BCUT2D eigenvalue weighted by Crippen LogP contribution is 2.39. The lowest BCUT2D eigenvalue weighted by Gasteiger charge is -2.21. The minimum Gasteiger partial charge on any atom is -0.497 e. The van der Waals surface area contributed by atoms with Crippen molar-refractivity contribution in [2.45, 2.75) is 36.2 Å². The molecule has 180 valence electrons. The molecule has 0 fully saturated rings. The SMILES string of the molecule is COc1ccc(Sc2nc(NC(CC(C)C)c3ccccn3)nc(N)c2-c2cccc(F)c2)cc1. The second-order valence-electron chi connectivity index (χ2n) is 8.48. The molecule has 3 N–H and O–H groups in total. The van der Waals surface area contributed by atoms with E-state index in [2.05, 4.69) is 29.1 Å². The van der Waals surface area contributed by atoms with Gasteiger partial charge in [-0.3, -0.25) is 4.98 Å². The molecular weight excluding hydrogens is 461 g/mol. The summed E-state index contributed by atoms with van der Waals surface area (Å²) in [5, 5.41) is 4.05. The summed E-state index contributed by atoms with van der Waals surface area (Å²) in [4.78, 5) is 14.8. The summed E-state index contributed by atoms with van der Waals surface area (Å²) in [5.41, 5.74) is 8.57. The van der Waals surface area contributed by atoms with E-state index >= 15 is 0 Å². The highest BCUT2D eigenvalue weighted by Gasteiger charge is 2.20. The molecule has 0 amide bonds. The number of nitrogens with zero attached hydrogens (tertiary/aromatic N) is 3. The first-order valence-electron chi connectivity index (χ1n) is 11.4. The number of benzene rings is 2. The van der Waals surface area contributed by atoms with E-state index in [1.165, 1.54) is 23.9 Å². The maximum Gasteiger partial charge on any atom is 0.226 e. The summed E-state index contributed by atoms with van der Waals surface area (Å²) < 4.78 is 19.3. The third-order valence-electron chi connectivity index (χ3n) is 5.35. The zero-order chi connectivity index (χ0) is 24.8. The van der Waals surface area contributed by atoms with Crippen LogP contribution in [0.4, 0.5) is 16.2 Å². The van der Waals surface area contributed by atoms with Crippen molar-refractivity contribution in [1.29, 1.82) is 0 Å². The van der Waals surface area contributed by atoms with Crippen molar-refractivity contribution in [3.63, 3.8) is 0 Å². The smallest absolute Gasteiger partial charge is 0.226 e. The summed E-state index contributed by atoms with van der Waals surface area (Å²) >= 11 is 1.43. The molecule has 2 aromatic heterocycles. The topological polar surface area (TPSA) is 86.0 Å². The second kappa shape index (κ2) is 11.2. The molecule has 2 aromatic carbocycles. The van der Waals surface area contributed by atoms with E-state index in [4.69, 9.17) is 15.5 Å². The van der Waals surface area contributed by atoms with Crippen LogP contribution in [0.25, 0.3) is 11.1 Å². The highest BCUT2D eigenvalue weighted by atomic mass is 32.2. The molecule has 1 atom stereocenters. The monoisotopic (exact) mass is 489 g/mol. The summed E-state index contributed by atoms with van der Waals surface area (Å²) in [7, 11) is 1.63. The Morgan fingerprint density at radius 2 is 1.83 bits per heavy atom. The van der Waals surface area contributed by atoms with E-state index < -0.39 is 0 Å². The van der Waals surface area contributed by atoms with Gasteiger partial charge in [0.15, 0.2) is 0 Å². The number of halogens is 1. The van der Waals surface area contributed by atoms with Crippen molar-refractivity contribution >= 4 is 23.5 Å². The zero-order valence-corrected chi connectivity index (χ0v) is 20.7. The fourth-order valence-electron chi connectivity index (χ4n) is 3.73. The van der Waals surface area contributed by atoms with Crippen LogP contribution in [0.15, 0.2) is 82.8 Å². The number of pyridine rings is 1. The number of ether oxygens (including phenoxy) is 1. The van der Waals surface area contributed by atoms with Gasteiger partial charge >= 0.3 is 0 Å². The highest BCUT2D eigenvalue weighted by molar-refractivity contribution is 7.99. The Kier molecular flexibility index (Phi) is 7.82. The molecule has 0 aliphatic carbocycles. The molecule has 0 aliphatic rings. The molecule has 8 heteroatoms. The molecule has 0 aliphatic heterocycles. The first-order chi connectivity index (χ1) is 16.9. The lowest BCUT2D eigenvalue weighted by atomic mass is 10.0. The number of nitrogens with one attached hydrogen (secondary N) is 1. The summed E-state index contributed by atoms with van der Waals surface area (Å²) in [6.45, 7) is 4.32. The second-order valence-corrected chi connectivity index (χ2v) is 9.54. The van der Waals surface area contributed by atoms with Crippen LogP contribution >= 0.6 is 11.8 Å². The summed E-state index contributed by atoms with van der Waals surface area (Å²) in [6, 6.07) is 19.7. The largest absolute Gasteiger partial charge is 0.497 e. The van der Waals surface area contributed by atoms with Crippen molar-refractivity contribution in [3.05, 3.63) is 84.4 Å². The predicted octanol–water partition coefficient (Wildman–Crippen LogP) is 6.62. The fourth-order valence-corrected chi connectivity index (χ4v) is 4.68. The number of nitrogens with two attached hydrogens (primary N) is 1. The lowest BCUT2D eigenvalue weighted by molar-refractivity contribution is 0.414. The number of rotatable bonds is 9. The molecular formula is C27H28FN5OS. The van der Waals surface area contributed by atoms with E-state index in [0.717, 1.165) is 22.8 Å². The Labute approximate surface area is 209 Å². The third kappa shape index (κ3) is 6.27. The number of hydrogen-bond donors (Lipinski definition) is 2. The molecule has 4 rings (SSSR count). The van der Waals surface area contributed by atoms with Crippen LogP contribution in [0.3, 0.4) is 0 Å². The van der Waals surface area contributed by atoms with E-state index in [1.54, 1.807) is 25.4 Å². The van der Waals surface area contributed by atoms with Crippen molar-refractivity contribution in [2.75, 3.05) is 18.2 Å². The van der Waals surface area contributed by atoms with E-state index in [-0.39, 0.29) is 17.7 Å². The van der Waals surface area contributed by atoms with E-state index in [0.29, 0.717) is 28.0 Å². The molecule has 35 heavy (non-hydrogen) atoms. The van der Waals surface area contributed by atoms with Gasteiger partial charge < -0.3 is 15.8 Å². The van der Waals surface area contributed by atoms with Gasteiger partial charge in [0.25, 0.3) is 0 Å². The Morgan fingerprint density at radius 1 is 1.03 bits per heavy atom. The zero-order valence-electron chi connectivity index (χ0n) is 19.9. The van der Waals surface area contributed by atoms with Crippen LogP contribution in [0, 0.1) is 11.7 Å². The molecule has 0 saturated heterocycles. The van der Waals surface area contributed by atoms with Gasteiger partial charge in [0.05, 0.1) is 24.4 Å². The minimum atomic E-state index is -0.350. The standard InChI is InChI=1S/C27H28FN5OS/c1-17(2)15-23(22-9-4-5-14-30-22)31-27-32-25(29)24(18-7-6-8-19(28)16-18)26(33-27)35-21-12-10-20(34-3)11-13-21/h4-14,16-17,23H,15H2,1-3H3,(H3,29,31,32,33). The van der Waals surface area contributed by atoms with Gasteiger partial charge in [-0.2, -0.15) is 4.98 Å². The molecule has 2 heterocycles. The van der Waals surface area contributed by atoms with Gasteiger partial charge in [-0.25, -0.2) is 9.37 Å². The lowest BCUT2D eigenvalue weighted by Crippen LogP contribution is -2.17. The summed E-state index contributed by atoms with van der Waals surface area (Å²) in [6.07, 6.45) is 2.62. The Balaban J connectivity index is 1.75. The average Bonchev–Trinajstić information content (AvgIpc) is 2.84. The quantitative estimate of drug-likeness (QED) is 0.256. The minimum absolute atomic E-state index is 0.0885. The van der Waals surface area contributed by atoms with E-state index in [9.17, 15) is 4.39 Å². The van der Waals surface area contributed by atoms with Crippen molar-refractivity contribution < 1.29 is 9.13 Å². The van der Waals surface area contributed by atoms with Gasteiger partial charge in [-0.15, -0.1) is 0 Å². The maximum absolute atomic E-state index is 14.1. The number of anilines is 2. The molecule has 4 aromatic rings. The van der Waals surface area contributed by atoms with Gasteiger partial charge in [0.2, 0.25) is 5.95 Å². The van der Waals surface area contributed by atoms with Crippen molar-refractivity contribution in [3.8, 4) is 16.9 Å². The van der Waals surface area contributed by atoms with E-state index in [1.807, 2.05) is 42.5 Å². The van der Waals surface area contributed by atoms with Crippen molar-refractivity contribution in [1.82, 2.24) is 15.0 Å². The molecule has 0 spiro atoms. The molecule has 1 unspecified atom stereocenters. The third-order valence-corrected chi connectivity index (χ3v) is 6.34. The molecule has 0 bridgehead atoms. The Bertz CT molecular complexity index is 1270. The molecule has 0 saturated carbocycles. The Morgan fingerprint density at radius 3 is 2.49 bits per heavy atom. The number of nitrogen functional groups attached to an aromatic ring is 1. The van der Waals surface area contributed by atoms with Gasteiger partial charge in [-0.05, 0) is 66.4 Å². The van der Waals surface area contributed by atoms with Crippen LogP contribution < -0.4 is 15.8 Å². The molecule has 6 nitrogen and oxygen atoms in total. The molecule has 0 radical (unpaired) electrons. The normalized spacial score (nSPS) is 11.9. The number of aromatic nitrogens is 3. The van der Waals surface area contributed by atoms with Crippen LogP contribution in [0.5, 0.6) is 5.75 Å². The van der Waals surface area contributed by atoms with Crippen LogP contribution in [-0.4, -0.2) is 22.1 Å². The van der Waals surface area contributed by atoms with Gasteiger partial charge in [0.1, 0.15) is 22.4 Å². The fraction of sp³-hybridized carbons (Fsp3) is 0.222. The van der Waals surface area contributed by atoms with Crippen LogP contribution in [0.2, 0.25) is 0 Å². The maximum atomic E-state index is 14.1. The number of methoxy groups -OCH3 is 1. The average molecular weight is 490 g/mol. The first kappa shape index (κ1) is 24.5. The van der Waals surface area contributed by atoms with Crippen LogP contribution in [0.1, 0.15) is 32.0 Å². The summed E-state index contributed by atoms with van der Waals surface area (Å²) in [5.74, 6) is 1.50. The van der Waals surface area contributed by atoms with Gasteiger partial charge in [0, 0.05) is 11.1 Å². The van der Waals surface area contributed by atoms with Gasteiger partial charge in [-0.1, -0.05) is 43.8 Å². The first-order valence-corrected chi connectivity index (χ1v) is 12.2. The predicted molar refractivity (Wildman–Crippen MR) is 139 cm³/mol.